The molecule has 0 aliphatic carbocycles. The Balaban J connectivity index is 1.60. The van der Waals surface area contributed by atoms with Crippen LogP contribution in [-0.4, -0.2) is 16.8 Å². The van der Waals surface area contributed by atoms with E-state index in [4.69, 9.17) is 23.2 Å². The number of carbonyl (C=O) groups is 2. The summed E-state index contributed by atoms with van der Waals surface area (Å²) in [7, 11) is 0. The summed E-state index contributed by atoms with van der Waals surface area (Å²) in [5, 5.41) is 7.63. The molecule has 2 heterocycles. The number of thiophene rings is 1. The molecule has 0 unspecified atom stereocenters. The van der Waals surface area contributed by atoms with Crippen LogP contribution in [0.15, 0.2) is 65.5 Å². The largest absolute Gasteiger partial charge is 0.320 e. The number of fused-ring (bicyclic) bond motifs is 1. The molecule has 0 radical (unpaired) electrons. The Morgan fingerprint density at radius 2 is 1.67 bits per heavy atom. The van der Waals surface area contributed by atoms with Crippen molar-refractivity contribution in [1.82, 2.24) is 10.4 Å². The average molecular weight is 457 g/mol. The molecule has 4 rings (SSSR count). The minimum absolute atomic E-state index is 0.190. The number of hydrogen-bond donors (Lipinski definition) is 3. The lowest BCUT2D eigenvalue weighted by Crippen LogP contribution is -2.29. The first-order chi connectivity index (χ1) is 14.5. The van der Waals surface area contributed by atoms with Gasteiger partial charge < -0.3 is 5.32 Å². The van der Waals surface area contributed by atoms with Gasteiger partial charge in [-0.15, -0.1) is 0 Å². The zero-order chi connectivity index (χ0) is 21.1. The molecule has 4 aromatic rings. The molecule has 0 aliphatic heterocycles. The van der Waals surface area contributed by atoms with Crippen molar-refractivity contribution in [2.24, 2.45) is 0 Å². The lowest BCUT2D eigenvalue weighted by Gasteiger charge is -2.13. The standard InChI is InChI=1S/C21H14Cl2N4O2S/c22-14-4-2-5-15(23)18(14)21(29)25-17-6-1-3-13-16(7-9-24-19(13)17)26-27-20(28)12-8-10-30-11-12/h1-11H,(H,24,26)(H,25,29)(H,27,28). The van der Waals surface area contributed by atoms with E-state index in [1.165, 1.54) is 11.3 Å². The lowest BCUT2D eigenvalue weighted by molar-refractivity contribution is 0.0962. The Bertz CT molecular complexity index is 1220. The van der Waals surface area contributed by atoms with Gasteiger partial charge in [0.05, 0.1) is 38.1 Å². The highest BCUT2D eigenvalue weighted by Crippen LogP contribution is 2.29. The van der Waals surface area contributed by atoms with E-state index >= 15 is 0 Å². The van der Waals surface area contributed by atoms with E-state index < -0.39 is 5.91 Å². The van der Waals surface area contributed by atoms with Gasteiger partial charge in [0.25, 0.3) is 11.8 Å². The molecule has 2 aromatic carbocycles. The number of amides is 2. The van der Waals surface area contributed by atoms with Gasteiger partial charge in [-0.3, -0.25) is 25.4 Å². The number of nitrogens with one attached hydrogen (secondary N) is 3. The first-order valence-corrected chi connectivity index (χ1v) is 10.5. The second-order valence-electron chi connectivity index (χ2n) is 6.20. The van der Waals surface area contributed by atoms with Crippen LogP contribution < -0.4 is 16.2 Å². The second-order valence-corrected chi connectivity index (χ2v) is 7.80. The van der Waals surface area contributed by atoms with Crippen LogP contribution in [0, 0.1) is 0 Å². The molecule has 0 atom stereocenters. The third kappa shape index (κ3) is 4.09. The molecule has 0 spiro atoms. The summed E-state index contributed by atoms with van der Waals surface area (Å²) in [5.41, 5.74) is 8.00. The quantitative estimate of drug-likeness (QED) is 0.340. The maximum Gasteiger partial charge on any atom is 0.270 e. The fourth-order valence-corrected chi connectivity index (χ4v) is 4.08. The summed E-state index contributed by atoms with van der Waals surface area (Å²) < 4.78 is 0. The van der Waals surface area contributed by atoms with Crippen LogP contribution in [0.3, 0.4) is 0 Å². The number of para-hydroxylation sites is 1. The number of carbonyl (C=O) groups excluding carboxylic acids is 2. The minimum atomic E-state index is -0.441. The fourth-order valence-electron chi connectivity index (χ4n) is 2.88. The smallest absolute Gasteiger partial charge is 0.270 e. The number of aromatic nitrogens is 1. The number of pyridine rings is 1. The molecule has 0 saturated heterocycles. The number of halogens is 2. The predicted molar refractivity (Wildman–Crippen MR) is 122 cm³/mol. The van der Waals surface area contributed by atoms with Crippen molar-refractivity contribution < 1.29 is 9.59 Å². The summed E-state index contributed by atoms with van der Waals surface area (Å²) in [6.45, 7) is 0. The number of nitrogens with zero attached hydrogens (tertiary/aromatic N) is 1. The molecule has 150 valence electrons. The second kappa shape index (κ2) is 8.71. The van der Waals surface area contributed by atoms with Crippen LogP contribution in [0.5, 0.6) is 0 Å². The van der Waals surface area contributed by atoms with Crippen molar-refractivity contribution in [3.63, 3.8) is 0 Å². The minimum Gasteiger partial charge on any atom is -0.320 e. The van der Waals surface area contributed by atoms with Gasteiger partial charge in [-0.2, -0.15) is 11.3 Å². The molecule has 2 aromatic heterocycles. The Labute approximate surface area is 185 Å². The van der Waals surface area contributed by atoms with E-state index in [9.17, 15) is 9.59 Å². The van der Waals surface area contributed by atoms with Crippen molar-refractivity contribution in [3.8, 4) is 0 Å². The van der Waals surface area contributed by atoms with Crippen LogP contribution in [-0.2, 0) is 0 Å². The molecule has 0 fully saturated rings. The van der Waals surface area contributed by atoms with E-state index in [0.29, 0.717) is 27.8 Å². The summed E-state index contributed by atoms with van der Waals surface area (Å²) >= 11 is 13.7. The SMILES string of the molecule is O=C(NNc1ccnc2c(NC(=O)c3c(Cl)cccc3Cl)cccc12)c1ccsc1. The molecule has 0 aliphatic rings. The first-order valence-electron chi connectivity index (χ1n) is 8.76. The zero-order valence-electron chi connectivity index (χ0n) is 15.3. The van der Waals surface area contributed by atoms with Crippen LogP contribution in [0.1, 0.15) is 20.7 Å². The molecule has 30 heavy (non-hydrogen) atoms. The van der Waals surface area contributed by atoms with Gasteiger partial charge in [-0.05, 0) is 35.7 Å². The molecular formula is C21H14Cl2N4O2S. The molecule has 0 saturated carbocycles. The number of hydrogen-bond acceptors (Lipinski definition) is 5. The van der Waals surface area contributed by atoms with Crippen molar-refractivity contribution in [3.05, 3.63) is 86.7 Å². The van der Waals surface area contributed by atoms with Gasteiger partial charge >= 0.3 is 0 Å². The van der Waals surface area contributed by atoms with Crippen molar-refractivity contribution in [1.29, 1.82) is 0 Å². The van der Waals surface area contributed by atoms with Gasteiger partial charge in [0, 0.05) is 17.0 Å². The summed E-state index contributed by atoms with van der Waals surface area (Å²) in [5.74, 6) is -0.692. The first kappa shape index (κ1) is 20.2. The van der Waals surface area contributed by atoms with E-state index in [2.05, 4.69) is 21.2 Å². The lowest BCUT2D eigenvalue weighted by atomic mass is 10.1. The molecule has 6 nitrogen and oxygen atoms in total. The van der Waals surface area contributed by atoms with Crippen LogP contribution >= 0.6 is 34.5 Å². The fraction of sp³-hybridized carbons (Fsp3) is 0. The monoisotopic (exact) mass is 456 g/mol. The van der Waals surface area contributed by atoms with E-state index in [-0.39, 0.29) is 21.5 Å². The van der Waals surface area contributed by atoms with E-state index in [0.717, 1.165) is 0 Å². The van der Waals surface area contributed by atoms with Crippen molar-refractivity contribution >= 4 is 68.6 Å². The number of rotatable bonds is 5. The van der Waals surface area contributed by atoms with Gasteiger partial charge in [0.2, 0.25) is 0 Å². The Morgan fingerprint density at radius 1 is 0.900 bits per heavy atom. The summed E-state index contributed by atoms with van der Waals surface area (Å²) in [4.78, 5) is 29.3. The zero-order valence-corrected chi connectivity index (χ0v) is 17.6. The van der Waals surface area contributed by atoms with Crippen LogP contribution in [0.2, 0.25) is 10.0 Å². The van der Waals surface area contributed by atoms with E-state index in [1.54, 1.807) is 54.0 Å². The summed E-state index contributed by atoms with van der Waals surface area (Å²) in [6, 6.07) is 13.7. The van der Waals surface area contributed by atoms with Gasteiger partial charge in [0.1, 0.15) is 0 Å². The van der Waals surface area contributed by atoms with Gasteiger partial charge in [-0.1, -0.05) is 41.4 Å². The van der Waals surface area contributed by atoms with Gasteiger partial charge in [-0.25, -0.2) is 0 Å². The highest BCUT2D eigenvalue weighted by molar-refractivity contribution is 7.08. The highest BCUT2D eigenvalue weighted by atomic mass is 35.5. The topological polar surface area (TPSA) is 83.1 Å². The Morgan fingerprint density at radius 3 is 2.40 bits per heavy atom. The maximum atomic E-state index is 12.8. The Kier molecular flexibility index (Phi) is 5.85. The highest BCUT2D eigenvalue weighted by Gasteiger charge is 2.16. The number of benzene rings is 2. The maximum absolute atomic E-state index is 12.8. The molecular weight excluding hydrogens is 443 g/mol. The summed E-state index contributed by atoms with van der Waals surface area (Å²) in [6.07, 6.45) is 1.58. The third-order valence-electron chi connectivity index (χ3n) is 4.30. The van der Waals surface area contributed by atoms with Crippen molar-refractivity contribution in [2.45, 2.75) is 0 Å². The molecule has 9 heteroatoms. The number of hydrazine groups is 1. The Hall–Kier alpha value is -3.13. The predicted octanol–water partition coefficient (Wildman–Crippen LogP) is 5.61. The third-order valence-corrected chi connectivity index (χ3v) is 5.62. The van der Waals surface area contributed by atoms with Crippen LogP contribution in [0.25, 0.3) is 10.9 Å². The van der Waals surface area contributed by atoms with E-state index in [1.807, 2.05) is 11.4 Å². The molecule has 0 bridgehead atoms. The normalized spacial score (nSPS) is 10.6. The molecule has 3 N–H and O–H groups in total. The van der Waals surface area contributed by atoms with Crippen LogP contribution in [0.4, 0.5) is 11.4 Å². The number of anilines is 2. The molecule has 2 amide bonds. The average Bonchev–Trinajstić information content (AvgIpc) is 3.27. The van der Waals surface area contributed by atoms with Gasteiger partial charge in [0.15, 0.2) is 0 Å². The van der Waals surface area contributed by atoms with Crippen molar-refractivity contribution in [2.75, 3.05) is 10.7 Å².